The maximum Gasteiger partial charge on any atom is 0.133 e. The van der Waals surface area contributed by atoms with Crippen molar-refractivity contribution in [3.8, 4) is 11.5 Å². The van der Waals surface area contributed by atoms with E-state index in [4.69, 9.17) is 15.2 Å². The Morgan fingerprint density at radius 1 is 1.14 bits per heavy atom. The molecule has 0 aliphatic carbocycles. The molecule has 0 aliphatic rings. The van der Waals surface area contributed by atoms with Gasteiger partial charge in [0.2, 0.25) is 0 Å². The summed E-state index contributed by atoms with van der Waals surface area (Å²) >= 11 is 3.47. The molecule has 0 radical (unpaired) electrons. The van der Waals surface area contributed by atoms with Gasteiger partial charge in [-0.1, -0.05) is 25.1 Å². The summed E-state index contributed by atoms with van der Waals surface area (Å²) in [4.78, 5) is 0. The Hall–Kier alpha value is -1.52. The number of benzene rings is 2. The fourth-order valence-electron chi connectivity index (χ4n) is 2.01. The van der Waals surface area contributed by atoms with Crippen LogP contribution >= 0.6 is 15.9 Å². The van der Waals surface area contributed by atoms with E-state index in [1.165, 1.54) is 0 Å². The summed E-state index contributed by atoms with van der Waals surface area (Å²) in [6, 6.07) is 14.0. The molecule has 0 fully saturated rings. The first-order valence-electron chi connectivity index (χ1n) is 6.94. The van der Waals surface area contributed by atoms with Gasteiger partial charge in [0.05, 0.1) is 11.6 Å². The number of ether oxygens (including phenoxy) is 2. The minimum atomic E-state index is 0.0941. The molecule has 0 amide bonds. The predicted octanol–water partition coefficient (Wildman–Crippen LogP) is 4.45. The fraction of sp³-hybridized carbons (Fsp3) is 0.294. The summed E-state index contributed by atoms with van der Waals surface area (Å²) in [5.41, 5.74) is 8.21. The number of rotatable bonds is 6. The van der Waals surface area contributed by atoms with Gasteiger partial charge >= 0.3 is 0 Å². The zero-order valence-electron chi connectivity index (χ0n) is 12.3. The lowest BCUT2D eigenvalue weighted by Gasteiger charge is -2.11. The van der Waals surface area contributed by atoms with Crippen molar-refractivity contribution in [2.45, 2.75) is 26.0 Å². The molecule has 2 rings (SSSR count). The predicted molar refractivity (Wildman–Crippen MR) is 88.7 cm³/mol. The topological polar surface area (TPSA) is 44.5 Å². The lowest BCUT2D eigenvalue weighted by molar-refractivity contribution is 0.305. The highest BCUT2D eigenvalue weighted by atomic mass is 79.9. The number of hydrogen-bond donors (Lipinski definition) is 1. The zero-order valence-corrected chi connectivity index (χ0v) is 13.9. The molecule has 0 aromatic heterocycles. The third-order valence-electron chi connectivity index (χ3n) is 3.37. The SMILES string of the molecule is CCC(N)c1ccc(OCc2ccc(OC)c(Br)c2)cc1. The maximum atomic E-state index is 6.00. The quantitative estimate of drug-likeness (QED) is 0.837. The van der Waals surface area contributed by atoms with E-state index in [2.05, 4.69) is 22.9 Å². The number of halogens is 1. The van der Waals surface area contributed by atoms with E-state index >= 15 is 0 Å². The Labute approximate surface area is 134 Å². The summed E-state index contributed by atoms with van der Waals surface area (Å²) in [5.74, 6) is 1.66. The highest BCUT2D eigenvalue weighted by molar-refractivity contribution is 9.10. The minimum Gasteiger partial charge on any atom is -0.496 e. The number of nitrogens with two attached hydrogens (primary N) is 1. The van der Waals surface area contributed by atoms with Crippen molar-refractivity contribution in [3.05, 3.63) is 58.1 Å². The maximum absolute atomic E-state index is 6.00. The highest BCUT2D eigenvalue weighted by Gasteiger charge is 2.04. The van der Waals surface area contributed by atoms with Gasteiger partial charge in [-0.25, -0.2) is 0 Å². The molecule has 0 saturated carbocycles. The van der Waals surface area contributed by atoms with Crippen LogP contribution in [0.25, 0.3) is 0 Å². The van der Waals surface area contributed by atoms with Gasteiger partial charge in [-0.3, -0.25) is 0 Å². The van der Waals surface area contributed by atoms with Gasteiger partial charge in [0.1, 0.15) is 18.1 Å². The lowest BCUT2D eigenvalue weighted by Crippen LogP contribution is -2.08. The normalized spacial score (nSPS) is 12.0. The Bertz CT molecular complexity index is 584. The monoisotopic (exact) mass is 349 g/mol. The molecule has 3 nitrogen and oxygen atoms in total. The van der Waals surface area contributed by atoms with E-state index < -0.39 is 0 Å². The fourth-order valence-corrected chi connectivity index (χ4v) is 2.60. The standard InChI is InChI=1S/C17H20BrNO2/c1-3-16(19)13-5-7-14(8-6-13)21-11-12-4-9-17(20-2)15(18)10-12/h4-10,16H,3,11,19H2,1-2H3. The van der Waals surface area contributed by atoms with E-state index in [0.29, 0.717) is 6.61 Å². The molecule has 2 aromatic rings. The van der Waals surface area contributed by atoms with Crippen molar-refractivity contribution in [2.24, 2.45) is 5.73 Å². The van der Waals surface area contributed by atoms with Crippen LogP contribution in [0.1, 0.15) is 30.5 Å². The smallest absolute Gasteiger partial charge is 0.133 e. The van der Waals surface area contributed by atoms with Crippen molar-refractivity contribution in [2.75, 3.05) is 7.11 Å². The van der Waals surface area contributed by atoms with Crippen LogP contribution in [0.4, 0.5) is 0 Å². The average molecular weight is 350 g/mol. The zero-order chi connectivity index (χ0) is 15.2. The van der Waals surface area contributed by atoms with E-state index in [0.717, 1.165) is 33.5 Å². The van der Waals surface area contributed by atoms with Crippen molar-refractivity contribution < 1.29 is 9.47 Å². The van der Waals surface area contributed by atoms with Gasteiger partial charge < -0.3 is 15.2 Å². The summed E-state index contributed by atoms with van der Waals surface area (Å²) in [5, 5.41) is 0. The number of hydrogen-bond acceptors (Lipinski definition) is 3. The molecule has 21 heavy (non-hydrogen) atoms. The van der Waals surface area contributed by atoms with Crippen molar-refractivity contribution in [3.63, 3.8) is 0 Å². The Morgan fingerprint density at radius 2 is 1.86 bits per heavy atom. The van der Waals surface area contributed by atoms with Gasteiger partial charge in [0.25, 0.3) is 0 Å². The minimum absolute atomic E-state index is 0.0941. The van der Waals surface area contributed by atoms with Crippen LogP contribution in [0.3, 0.4) is 0 Å². The van der Waals surface area contributed by atoms with Crippen LogP contribution in [0.2, 0.25) is 0 Å². The highest BCUT2D eigenvalue weighted by Crippen LogP contribution is 2.26. The molecule has 2 N–H and O–H groups in total. The van der Waals surface area contributed by atoms with E-state index in [9.17, 15) is 0 Å². The van der Waals surface area contributed by atoms with Gasteiger partial charge in [0.15, 0.2) is 0 Å². The molecule has 0 aliphatic heterocycles. The molecule has 0 heterocycles. The van der Waals surface area contributed by atoms with Crippen LogP contribution in [-0.4, -0.2) is 7.11 Å². The first-order chi connectivity index (χ1) is 10.1. The molecule has 0 bridgehead atoms. The molecule has 4 heteroatoms. The second kappa shape index (κ2) is 7.48. The largest absolute Gasteiger partial charge is 0.496 e. The average Bonchev–Trinajstić information content (AvgIpc) is 2.52. The summed E-state index contributed by atoms with van der Waals surface area (Å²) in [6.07, 6.45) is 0.931. The van der Waals surface area contributed by atoms with Crippen molar-refractivity contribution in [1.29, 1.82) is 0 Å². The molecule has 112 valence electrons. The molecule has 0 spiro atoms. The Kier molecular flexibility index (Phi) is 5.65. The second-order valence-electron chi connectivity index (χ2n) is 4.84. The van der Waals surface area contributed by atoms with Crippen LogP contribution < -0.4 is 15.2 Å². The third kappa shape index (κ3) is 4.22. The van der Waals surface area contributed by atoms with Crippen LogP contribution in [0.5, 0.6) is 11.5 Å². The Balaban J connectivity index is 1.98. The molecular formula is C17H20BrNO2. The van der Waals surface area contributed by atoms with Gasteiger partial charge in [-0.15, -0.1) is 0 Å². The van der Waals surface area contributed by atoms with Crippen LogP contribution in [-0.2, 0) is 6.61 Å². The number of methoxy groups -OCH3 is 1. The van der Waals surface area contributed by atoms with Gasteiger partial charge in [-0.2, -0.15) is 0 Å². The Morgan fingerprint density at radius 3 is 2.43 bits per heavy atom. The molecular weight excluding hydrogens is 330 g/mol. The third-order valence-corrected chi connectivity index (χ3v) is 3.99. The van der Waals surface area contributed by atoms with E-state index in [1.807, 2.05) is 42.5 Å². The summed E-state index contributed by atoms with van der Waals surface area (Å²) < 4.78 is 11.9. The van der Waals surface area contributed by atoms with Crippen LogP contribution in [0.15, 0.2) is 46.9 Å². The first kappa shape index (κ1) is 15.9. The summed E-state index contributed by atoms with van der Waals surface area (Å²) in [6.45, 7) is 2.60. The van der Waals surface area contributed by atoms with Gasteiger partial charge in [-0.05, 0) is 57.7 Å². The van der Waals surface area contributed by atoms with Crippen molar-refractivity contribution in [1.82, 2.24) is 0 Å². The lowest BCUT2D eigenvalue weighted by atomic mass is 10.1. The van der Waals surface area contributed by atoms with E-state index in [1.54, 1.807) is 7.11 Å². The second-order valence-corrected chi connectivity index (χ2v) is 5.70. The molecule has 0 saturated heterocycles. The van der Waals surface area contributed by atoms with Crippen LogP contribution in [0, 0.1) is 0 Å². The van der Waals surface area contributed by atoms with Gasteiger partial charge in [0, 0.05) is 6.04 Å². The molecule has 1 unspecified atom stereocenters. The molecule has 1 atom stereocenters. The van der Waals surface area contributed by atoms with Crippen molar-refractivity contribution >= 4 is 15.9 Å². The van der Waals surface area contributed by atoms with E-state index in [-0.39, 0.29) is 6.04 Å². The first-order valence-corrected chi connectivity index (χ1v) is 7.74. The summed E-state index contributed by atoms with van der Waals surface area (Å²) in [7, 11) is 1.65. The molecule has 2 aromatic carbocycles.